The van der Waals surface area contributed by atoms with Crippen molar-refractivity contribution in [1.82, 2.24) is 4.98 Å². The third-order valence-electron chi connectivity index (χ3n) is 4.31. The lowest BCUT2D eigenvalue weighted by molar-refractivity contribution is 1.14. The van der Waals surface area contributed by atoms with Gasteiger partial charge in [0.25, 0.3) is 5.56 Å². The molecular weight excluding hydrogens is 324 g/mol. The largest absolute Gasteiger partial charge is 0.384 e. The Bertz CT molecular complexity index is 1110. The number of anilines is 1. The van der Waals surface area contributed by atoms with Gasteiger partial charge >= 0.3 is 0 Å². The molecule has 2 aromatic carbocycles. The Morgan fingerprint density at radius 2 is 1.62 bits per heavy atom. The number of nitrogen functional groups attached to an aromatic ring is 1. The summed E-state index contributed by atoms with van der Waals surface area (Å²) in [5.74, 6) is -0.0378. The van der Waals surface area contributed by atoms with Gasteiger partial charge in [-0.3, -0.25) is 4.79 Å². The quantitative estimate of drug-likeness (QED) is 0.759. The van der Waals surface area contributed by atoms with E-state index < -0.39 is 5.56 Å². The van der Waals surface area contributed by atoms with Gasteiger partial charge in [0.1, 0.15) is 29.1 Å². The molecule has 3 rings (SSSR count). The zero-order chi connectivity index (χ0) is 18.7. The molecule has 5 nitrogen and oxygen atoms in total. The molecule has 0 atom stereocenters. The van der Waals surface area contributed by atoms with Crippen LogP contribution in [0.1, 0.15) is 23.6 Å². The van der Waals surface area contributed by atoms with E-state index in [0.717, 1.165) is 17.5 Å². The average molecular weight is 340 g/mol. The van der Waals surface area contributed by atoms with E-state index in [4.69, 9.17) is 5.73 Å². The number of rotatable bonds is 3. The summed E-state index contributed by atoms with van der Waals surface area (Å²) in [6.07, 6.45) is 0.962. The minimum absolute atomic E-state index is 0.0378. The maximum atomic E-state index is 12.1. The summed E-state index contributed by atoms with van der Waals surface area (Å²) in [6.45, 7) is 2.10. The summed E-state index contributed by atoms with van der Waals surface area (Å²) in [6, 6.07) is 19.5. The number of nitriles is 2. The van der Waals surface area contributed by atoms with Crippen LogP contribution in [0.25, 0.3) is 22.3 Å². The number of aryl methyl sites for hydroxylation is 1. The Hall–Kier alpha value is -3.83. The van der Waals surface area contributed by atoms with Crippen LogP contribution in [0.5, 0.6) is 0 Å². The Labute approximate surface area is 151 Å². The van der Waals surface area contributed by atoms with Gasteiger partial charge in [0.05, 0.1) is 0 Å². The van der Waals surface area contributed by atoms with Gasteiger partial charge in [0.2, 0.25) is 0 Å². The number of H-pyrrole nitrogens is 1. The number of aromatic nitrogens is 1. The Kier molecular flexibility index (Phi) is 4.55. The van der Waals surface area contributed by atoms with Crippen molar-refractivity contribution in [1.29, 1.82) is 10.5 Å². The monoisotopic (exact) mass is 340 g/mol. The van der Waals surface area contributed by atoms with Crippen LogP contribution in [-0.2, 0) is 6.42 Å². The summed E-state index contributed by atoms with van der Waals surface area (Å²) >= 11 is 0. The topological polar surface area (TPSA) is 106 Å². The molecule has 0 bridgehead atoms. The van der Waals surface area contributed by atoms with Crippen LogP contribution < -0.4 is 11.3 Å². The van der Waals surface area contributed by atoms with Crippen molar-refractivity contribution in [2.75, 3.05) is 5.73 Å². The fraction of sp³-hybridized carbons (Fsp3) is 0.0952. The van der Waals surface area contributed by atoms with E-state index in [1.165, 1.54) is 5.56 Å². The van der Waals surface area contributed by atoms with E-state index in [9.17, 15) is 15.3 Å². The molecule has 26 heavy (non-hydrogen) atoms. The maximum Gasteiger partial charge on any atom is 0.268 e. The average Bonchev–Trinajstić information content (AvgIpc) is 2.67. The van der Waals surface area contributed by atoms with E-state index in [-0.39, 0.29) is 22.5 Å². The predicted octanol–water partition coefficient (Wildman–Crippen LogP) is 3.60. The third kappa shape index (κ3) is 2.94. The predicted molar refractivity (Wildman–Crippen MR) is 101 cm³/mol. The standard InChI is InChI=1S/C21H16N4O/c1-2-13-6-8-14(9-7-13)15-4-3-5-16(10-15)19-17(11-22)20(24)25-21(26)18(19)12-23/h3-10H,2H2,1H3,(H3,24,25,26). The van der Waals surface area contributed by atoms with Crippen molar-refractivity contribution in [2.24, 2.45) is 0 Å². The van der Waals surface area contributed by atoms with Crippen LogP contribution >= 0.6 is 0 Å². The Morgan fingerprint density at radius 1 is 0.962 bits per heavy atom. The molecule has 3 N–H and O–H groups in total. The SMILES string of the molecule is CCc1ccc(-c2cccc(-c3c(C#N)c(N)[nH]c(=O)c3C#N)c2)cc1. The highest BCUT2D eigenvalue weighted by atomic mass is 16.1. The molecule has 0 fully saturated rings. The highest BCUT2D eigenvalue weighted by Gasteiger charge is 2.18. The molecule has 0 aliphatic heterocycles. The second kappa shape index (κ2) is 6.96. The number of benzene rings is 2. The molecule has 5 heteroatoms. The van der Waals surface area contributed by atoms with E-state index in [1.807, 2.05) is 42.5 Å². The molecule has 0 saturated carbocycles. The van der Waals surface area contributed by atoms with Crippen LogP contribution in [-0.4, -0.2) is 4.98 Å². The molecule has 3 aromatic rings. The lowest BCUT2D eigenvalue weighted by Gasteiger charge is -2.11. The third-order valence-corrected chi connectivity index (χ3v) is 4.31. The number of nitrogens with two attached hydrogens (primary N) is 1. The van der Waals surface area contributed by atoms with Gasteiger partial charge in [0.15, 0.2) is 0 Å². The number of nitrogens with one attached hydrogen (secondary N) is 1. The summed E-state index contributed by atoms with van der Waals surface area (Å²) < 4.78 is 0. The highest BCUT2D eigenvalue weighted by Crippen LogP contribution is 2.31. The molecule has 0 radical (unpaired) electrons. The number of nitrogens with zero attached hydrogens (tertiary/aromatic N) is 2. The summed E-state index contributed by atoms with van der Waals surface area (Å²) in [7, 11) is 0. The van der Waals surface area contributed by atoms with Crippen molar-refractivity contribution in [2.45, 2.75) is 13.3 Å². The molecule has 0 unspecified atom stereocenters. The van der Waals surface area contributed by atoms with Crippen molar-refractivity contribution in [3.05, 3.63) is 75.6 Å². The number of aromatic amines is 1. The van der Waals surface area contributed by atoms with Crippen molar-refractivity contribution in [3.63, 3.8) is 0 Å². The van der Waals surface area contributed by atoms with Gasteiger partial charge in [0, 0.05) is 5.56 Å². The zero-order valence-corrected chi connectivity index (χ0v) is 14.2. The molecule has 0 aliphatic carbocycles. The van der Waals surface area contributed by atoms with Crippen molar-refractivity contribution >= 4 is 5.82 Å². The van der Waals surface area contributed by atoms with Crippen LogP contribution in [0.2, 0.25) is 0 Å². The molecule has 0 spiro atoms. The fourth-order valence-electron chi connectivity index (χ4n) is 2.92. The summed E-state index contributed by atoms with van der Waals surface area (Å²) in [4.78, 5) is 14.4. The van der Waals surface area contributed by atoms with Gasteiger partial charge in [-0.1, -0.05) is 49.4 Å². The van der Waals surface area contributed by atoms with Crippen molar-refractivity contribution < 1.29 is 0 Å². The lowest BCUT2D eigenvalue weighted by Crippen LogP contribution is -2.16. The van der Waals surface area contributed by atoms with E-state index in [2.05, 4.69) is 24.0 Å². The molecule has 1 heterocycles. The first-order chi connectivity index (χ1) is 12.6. The number of hydrogen-bond donors (Lipinski definition) is 2. The first-order valence-electron chi connectivity index (χ1n) is 8.14. The molecule has 0 aliphatic rings. The molecule has 0 saturated heterocycles. The van der Waals surface area contributed by atoms with Gasteiger partial charge in [-0.2, -0.15) is 10.5 Å². The van der Waals surface area contributed by atoms with Crippen LogP contribution in [0, 0.1) is 22.7 Å². The van der Waals surface area contributed by atoms with Gasteiger partial charge in [-0.25, -0.2) is 0 Å². The molecule has 126 valence electrons. The minimum atomic E-state index is -0.600. The first-order valence-corrected chi connectivity index (χ1v) is 8.14. The van der Waals surface area contributed by atoms with Gasteiger partial charge < -0.3 is 10.7 Å². The zero-order valence-electron chi connectivity index (χ0n) is 14.2. The number of hydrogen-bond acceptors (Lipinski definition) is 4. The second-order valence-corrected chi connectivity index (χ2v) is 5.85. The highest BCUT2D eigenvalue weighted by molar-refractivity contribution is 5.82. The van der Waals surface area contributed by atoms with Crippen LogP contribution in [0.15, 0.2) is 53.3 Å². The van der Waals surface area contributed by atoms with Crippen molar-refractivity contribution in [3.8, 4) is 34.4 Å². The fourth-order valence-corrected chi connectivity index (χ4v) is 2.92. The Balaban J connectivity index is 2.22. The first kappa shape index (κ1) is 17.0. The molecule has 0 amide bonds. The van der Waals surface area contributed by atoms with E-state index >= 15 is 0 Å². The summed E-state index contributed by atoms with van der Waals surface area (Å²) in [5.41, 5.74) is 9.22. The smallest absolute Gasteiger partial charge is 0.268 e. The van der Waals surface area contributed by atoms with Gasteiger partial charge in [-0.05, 0) is 34.7 Å². The molecule has 1 aromatic heterocycles. The summed E-state index contributed by atoms with van der Waals surface area (Å²) in [5, 5.41) is 18.8. The second-order valence-electron chi connectivity index (χ2n) is 5.85. The van der Waals surface area contributed by atoms with E-state index in [1.54, 1.807) is 6.07 Å². The normalized spacial score (nSPS) is 10.1. The van der Waals surface area contributed by atoms with Gasteiger partial charge in [-0.15, -0.1) is 0 Å². The minimum Gasteiger partial charge on any atom is -0.384 e. The Morgan fingerprint density at radius 3 is 2.23 bits per heavy atom. The van der Waals surface area contributed by atoms with E-state index in [0.29, 0.717) is 5.56 Å². The van der Waals surface area contributed by atoms with Crippen LogP contribution in [0.3, 0.4) is 0 Å². The lowest BCUT2D eigenvalue weighted by atomic mass is 9.93. The number of pyridine rings is 1. The van der Waals surface area contributed by atoms with Crippen LogP contribution in [0.4, 0.5) is 5.82 Å². The maximum absolute atomic E-state index is 12.1. The molecular formula is C21H16N4O.